The maximum absolute atomic E-state index is 13.1. The van der Waals surface area contributed by atoms with Gasteiger partial charge in [-0.1, -0.05) is 29.8 Å². The van der Waals surface area contributed by atoms with Crippen molar-refractivity contribution in [1.82, 2.24) is 10.2 Å². The fourth-order valence-corrected chi connectivity index (χ4v) is 2.25. The van der Waals surface area contributed by atoms with Crippen molar-refractivity contribution < 1.29 is 13.6 Å². The van der Waals surface area contributed by atoms with Crippen LogP contribution in [0.4, 0.5) is 14.5 Å². The Morgan fingerprint density at radius 3 is 2.61 bits per heavy atom. The zero-order valence-electron chi connectivity index (χ0n) is 11.6. The molecule has 3 aromatic rings. The molecule has 2 N–H and O–H groups in total. The average Bonchev–Trinajstić information content (AvgIpc) is 3.01. The number of aromatic amines is 1. The molecular weight excluding hydrogens is 324 g/mol. The highest BCUT2D eigenvalue weighted by Crippen LogP contribution is 2.26. The second kappa shape index (κ2) is 6.18. The van der Waals surface area contributed by atoms with E-state index >= 15 is 0 Å². The third-order valence-electron chi connectivity index (χ3n) is 3.15. The van der Waals surface area contributed by atoms with Gasteiger partial charge in [0.1, 0.15) is 5.69 Å². The fourth-order valence-electron chi connectivity index (χ4n) is 2.02. The van der Waals surface area contributed by atoms with Crippen LogP contribution < -0.4 is 5.32 Å². The number of aromatic nitrogens is 2. The monoisotopic (exact) mass is 333 g/mol. The van der Waals surface area contributed by atoms with E-state index in [9.17, 15) is 13.6 Å². The Hall–Kier alpha value is -2.73. The topological polar surface area (TPSA) is 57.8 Å². The molecule has 0 spiro atoms. The number of nitrogens with zero attached hydrogens (tertiary/aromatic N) is 1. The largest absolute Gasteiger partial charge is 0.321 e. The van der Waals surface area contributed by atoms with Crippen molar-refractivity contribution in [2.24, 2.45) is 0 Å². The Morgan fingerprint density at radius 2 is 1.87 bits per heavy atom. The molecule has 23 heavy (non-hydrogen) atoms. The van der Waals surface area contributed by atoms with Crippen LogP contribution in [0.1, 0.15) is 10.5 Å². The van der Waals surface area contributed by atoms with Gasteiger partial charge in [0.25, 0.3) is 5.91 Å². The van der Waals surface area contributed by atoms with E-state index in [1.165, 1.54) is 12.1 Å². The zero-order chi connectivity index (χ0) is 16.4. The highest BCUT2D eigenvalue weighted by molar-refractivity contribution is 6.33. The van der Waals surface area contributed by atoms with Gasteiger partial charge in [0.2, 0.25) is 0 Å². The van der Waals surface area contributed by atoms with Gasteiger partial charge >= 0.3 is 0 Å². The van der Waals surface area contributed by atoms with Crippen molar-refractivity contribution >= 4 is 23.2 Å². The summed E-state index contributed by atoms with van der Waals surface area (Å²) in [6, 6.07) is 11.7. The number of halogens is 3. The number of rotatable bonds is 3. The highest BCUT2D eigenvalue weighted by Gasteiger charge is 2.13. The SMILES string of the molecule is O=C(Nc1ccc(F)c(F)c1)c1cc(-c2ccccc2Cl)n[nH]1. The Morgan fingerprint density at radius 1 is 1.09 bits per heavy atom. The quantitative estimate of drug-likeness (QED) is 0.752. The van der Waals surface area contributed by atoms with Gasteiger partial charge in [-0.3, -0.25) is 9.89 Å². The van der Waals surface area contributed by atoms with Crippen LogP contribution in [0.3, 0.4) is 0 Å². The molecule has 0 radical (unpaired) electrons. The van der Waals surface area contributed by atoms with Crippen LogP contribution in [-0.2, 0) is 0 Å². The van der Waals surface area contributed by atoms with Crippen molar-refractivity contribution in [2.75, 3.05) is 5.32 Å². The first-order valence-electron chi connectivity index (χ1n) is 6.61. The van der Waals surface area contributed by atoms with Crippen molar-refractivity contribution in [3.05, 3.63) is 70.9 Å². The van der Waals surface area contributed by atoms with Gasteiger partial charge < -0.3 is 5.32 Å². The van der Waals surface area contributed by atoms with E-state index in [4.69, 9.17) is 11.6 Å². The van der Waals surface area contributed by atoms with Crippen LogP contribution in [0, 0.1) is 11.6 Å². The molecule has 0 unspecified atom stereocenters. The summed E-state index contributed by atoms with van der Waals surface area (Å²) in [4.78, 5) is 12.1. The number of anilines is 1. The Labute approximate surface area is 135 Å². The molecule has 1 aromatic heterocycles. The van der Waals surface area contributed by atoms with E-state index in [2.05, 4.69) is 15.5 Å². The second-order valence-electron chi connectivity index (χ2n) is 4.73. The maximum Gasteiger partial charge on any atom is 0.273 e. The summed E-state index contributed by atoms with van der Waals surface area (Å²) in [6.45, 7) is 0. The number of H-pyrrole nitrogens is 1. The molecule has 116 valence electrons. The average molecular weight is 334 g/mol. The van der Waals surface area contributed by atoms with Crippen LogP contribution >= 0.6 is 11.6 Å². The predicted molar refractivity (Wildman–Crippen MR) is 83.3 cm³/mol. The van der Waals surface area contributed by atoms with Crippen LogP contribution in [0.5, 0.6) is 0 Å². The molecule has 1 amide bonds. The lowest BCUT2D eigenvalue weighted by Crippen LogP contribution is -2.12. The maximum atomic E-state index is 13.1. The van der Waals surface area contributed by atoms with E-state index < -0.39 is 17.5 Å². The van der Waals surface area contributed by atoms with Gasteiger partial charge in [-0.15, -0.1) is 0 Å². The van der Waals surface area contributed by atoms with E-state index in [1.54, 1.807) is 24.3 Å². The molecule has 0 aliphatic rings. The molecule has 7 heteroatoms. The number of nitrogens with one attached hydrogen (secondary N) is 2. The van der Waals surface area contributed by atoms with Crippen molar-refractivity contribution in [1.29, 1.82) is 0 Å². The Kier molecular flexibility index (Phi) is 4.08. The molecule has 0 aliphatic carbocycles. The van der Waals surface area contributed by atoms with E-state index in [0.29, 0.717) is 16.3 Å². The Balaban J connectivity index is 1.81. The molecule has 4 nitrogen and oxygen atoms in total. The highest BCUT2D eigenvalue weighted by atomic mass is 35.5. The molecule has 3 rings (SSSR count). The lowest BCUT2D eigenvalue weighted by atomic mass is 10.1. The molecule has 0 bridgehead atoms. The smallest absolute Gasteiger partial charge is 0.273 e. The standard InChI is InChI=1S/C16H10ClF2N3O/c17-11-4-2-1-3-10(11)14-8-15(22-21-14)16(23)20-9-5-6-12(18)13(19)7-9/h1-8H,(H,20,23)(H,21,22). The van der Waals surface area contributed by atoms with Gasteiger partial charge in [-0.2, -0.15) is 5.10 Å². The molecule has 2 aromatic carbocycles. The molecular formula is C16H10ClF2N3O. The lowest BCUT2D eigenvalue weighted by Gasteiger charge is -2.03. The second-order valence-corrected chi connectivity index (χ2v) is 5.14. The minimum Gasteiger partial charge on any atom is -0.321 e. The Bertz CT molecular complexity index is 879. The van der Waals surface area contributed by atoms with E-state index in [-0.39, 0.29) is 11.4 Å². The summed E-state index contributed by atoms with van der Waals surface area (Å²) in [5.41, 5.74) is 1.50. The molecule has 0 saturated heterocycles. The molecule has 0 atom stereocenters. The normalized spacial score (nSPS) is 10.6. The summed E-state index contributed by atoms with van der Waals surface area (Å²) in [6.07, 6.45) is 0. The molecule has 1 heterocycles. The molecule has 0 aliphatic heterocycles. The van der Waals surface area contributed by atoms with Gasteiger partial charge in [-0.25, -0.2) is 8.78 Å². The first-order chi connectivity index (χ1) is 11.0. The number of hydrogen-bond donors (Lipinski definition) is 2. The van der Waals surface area contributed by atoms with Crippen LogP contribution in [0.25, 0.3) is 11.3 Å². The fraction of sp³-hybridized carbons (Fsp3) is 0. The molecule has 0 saturated carbocycles. The van der Waals surface area contributed by atoms with Gasteiger partial charge in [-0.05, 0) is 24.3 Å². The van der Waals surface area contributed by atoms with Crippen molar-refractivity contribution in [3.63, 3.8) is 0 Å². The first-order valence-corrected chi connectivity index (χ1v) is 6.99. The van der Waals surface area contributed by atoms with Crippen LogP contribution in [0.15, 0.2) is 48.5 Å². The zero-order valence-corrected chi connectivity index (χ0v) is 12.4. The summed E-state index contributed by atoms with van der Waals surface area (Å²) in [5, 5.41) is 9.59. The number of benzene rings is 2. The summed E-state index contributed by atoms with van der Waals surface area (Å²) in [5.74, 6) is -2.54. The number of carbonyl (C=O) groups is 1. The van der Waals surface area contributed by atoms with Gasteiger partial charge in [0.15, 0.2) is 11.6 Å². The number of amides is 1. The van der Waals surface area contributed by atoms with Crippen LogP contribution in [0.2, 0.25) is 5.02 Å². The summed E-state index contributed by atoms with van der Waals surface area (Å²) >= 11 is 6.08. The minimum atomic E-state index is -1.04. The predicted octanol–water partition coefficient (Wildman–Crippen LogP) is 4.26. The van der Waals surface area contributed by atoms with E-state index in [1.807, 2.05) is 0 Å². The van der Waals surface area contributed by atoms with Crippen molar-refractivity contribution in [3.8, 4) is 11.3 Å². The first kappa shape index (κ1) is 15.2. The summed E-state index contributed by atoms with van der Waals surface area (Å²) < 4.78 is 26.0. The minimum absolute atomic E-state index is 0.141. The lowest BCUT2D eigenvalue weighted by molar-refractivity contribution is 0.102. The van der Waals surface area contributed by atoms with Crippen LogP contribution in [-0.4, -0.2) is 16.1 Å². The van der Waals surface area contributed by atoms with Crippen molar-refractivity contribution in [2.45, 2.75) is 0 Å². The van der Waals surface area contributed by atoms with E-state index in [0.717, 1.165) is 12.1 Å². The van der Waals surface area contributed by atoms with Gasteiger partial charge in [0.05, 0.1) is 10.7 Å². The van der Waals surface area contributed by atoms with Gasteiger partial charge in [0, 0.05) is 17.3 Å². The molecule has 0 fully saturated rings. The summed E-state index contributed by atoms with van der Waals surface area (Å²) in [7, 11) is 0. The third-order valence-corrected chi connectivity index (χ3v) is 3.48. The number of carbonyl (C=O) groups excluding carboxylic acids is 1. The third kappa shape index (κ3) is 3.22. The number of hydrogen-bond acceptors (Lipinski definition) is 2.